The molecule has 0 saturated heterocycles. The zero-order valence-electron chi connectivity index (χ0n) is 14.7. The van der Waals surface area contributed by atoms with Crippen LogP contribution in [0.1, 0.15) is 16.7 Å². The molecule has 0 heterocycles. The van der Waals surface area contributed by atoms with E-state index in [2.05, 4.69) is 5.16 Å². The van der Waals surface area contributed by atoms with Crippen LogP contribution in [0.5, 0.6) is 0 Å². The highest BCUT2D eigenvalue weighted by Gasteiger charge is 2.29. The molecule has 0 saturated carbocycles. The lowest BCUT2D eigenvalue weighted by Crippen LogP contribution is -2.06. The van der Waals surface area contributed by atoms with Crippen LogP contribution >= 0.6 is 0 Å². The van der Waals surface area contributed by atoms with E-state index in [1.54, 1.807) is 0 Å². The topological polar surface area (TPSA) is 21.6 Å². The van der Waals surface area contributed by atoms with Crippen molar-refractivity contribution in [1.29, 1.82) is 0 Å². The van der Waals surface area contributed by atoms with Crippen molar-refractivity contribution in [1.82, 2.24) is 0 Å². The third-order valence-electron chi connectivity index (χ3n) is 4.18. The summed E-state index contributed by atoms with van der Waals surface area (Å²) in [6.45, 7) is 0. The van der Waals surface area contributed by atoms with Gasteiger partial charge in [-0.1, -0.05) is 71.9 Å². The minimum atomic E-state index is -4.33. The Kier molecular flexibility index (Phi) is 5.60. The molecule has 0 unspecified atom stereocenters. The van der Waals surface area contributed by atoms with Gasteiger partial charge in [0, 0.05) is 6.42 Å². The van der Waals surface area contributed by atoms with Crippen molar-refractivity contribution in [2.24, 2.45) is 5.16 Å². The van der Waals surface area contributed by atoms with Crippen molar-refractivity contribution in [3.63, 3.8) is 0 Å². The van der Waals surface area contributed by atoms with E-state index in [1.165, 1.54) is 19.2 Å². The van der Waals surface area contributed by atoms with Crippen LogP contribution in [0.3, 0.4) is 0 Å². The summed E-state index contributed by atoms with van der Waals surface area (Å²) < 4.78 is 38.1. The van der Waals surface area contributed by atoms with Crippen LogP contribution in [0.2, 0.25) is 0 Å². The fourth-order valence-electron chi connectivity index (χ4n) is 2.79. The normalized spacial score (nSPS) is 12.1. The van der Waals surface area contributed by atoms with E-state index < -0.39 is 11.7 Å². The Morgan fingerprint density at radius 2 is 1.37 bits per heavy atom. The second-order valence-corrected chi connectivity index (χ2v) is 6.04. The zero-order chi connectivity index (χ0) is 19.3. The molecule has 0 aromatic heterocycles. The van der Waals surface area contributed by atoms with Gasteiger partial charge in [-0.25, -0.2) is 0 Å². The predicted molar refractivity (Wildman–Crippen MR) is 101 cm³/mol. The van der Waals surface area contributed by atoms with E-state index in [9.17, 15) is 13.2 Å². The summed E-state index contributed by atoms with van der Waals surface area (Å²) in [5.74, 6) is 0. The van der Waals surface area contributed by atoms with Gasteiger partial charge in [-0.2, -0.15) is 13.2 Å². The van der Waals surface area contributed by atoms with Gasteiger partial charge < -0.3 is 4.84 Å². The third kappa shape index (κ3) is 4.76. The van der Waals surface area contributed by atoms with Gasteiger partial charge in [-0.05, 0) is 34.4 Å². The summed E-state index contributed by atoms with van der Waals surface area (Å²) in [4.78, 5) is 4.97. The van der Waals surface area contributed by atoms with Gasteiger partial charge in [0.1, 0.15) is 7.11 Å². The second-order valence-electron chi connectivity index (χ2n) is 6.04. The van der Waals surface area contributed by atoms with Gasteiger partial charge in [0.2, 0.25) is 0 Å². The first-order chi connectivity index (χ1) is 13.0. The summed E-state index contributed by atoms with van der Waals surface area (Å²) in [6.07, 6.45) is -3.71. The first kappa shape index (κ1) is 18.7. The molecule has 0 bridgehead atoms. The molecule has 0 radical (unpaired) electrons. The quantitative estimate of drug-likeness (QED) is 0.401. The highest BCUT2D eigenvalue weighted by atomic mass is 19.4. The third-order valence-corrected chi connectivity index (χ3v) is 4.18. The van der Waals surface area contributed by atoms with Crippen molar-refractivity contribution < 1.29 is 18.0 Å². The average Bonchev–Trinajstić information content (AvgIpc) is 2.68. The molecule has 0 atom stereocenters. The van der Waals surface area contributed by atoms with E-state index >= 15 is 0 Å². The Hall–Kier alpha value is -3.08. The second kappa shape index (κ2) is 8.08. The van der Waals surface area contributed by atoms with Gasteiger partial charge in [-0.15, -0.1) is 0 Å². The van der Waals surface area contributed by atoms with E-state index in [-0.39, 0.29) is 0 Å². The number of halogens is 3. The van der Waals surface area contributed by atoms with Crippen LogP contribution in [0.15, 0.2) is 84.0 Å². The Morgan fingerprint density at radius 1 is 0.815 bits per heavy atom. The number of rotatable bonds is 5. The minimum Gasteiger partial charge on any atom is -0.399 e. The Balaban J connectivity index is 1.82. The van der Waals surface area contributed by atoms with Crippen molar-refractivity contribution in [3.05, 3.63) is 95.6 Å². The lowest BCUT2D eigenvalue weighted by molar-refractivity contribution is -0.137. The van der Waals surface area contributed by atoms with Gasteiger partial charge in [-0.3, -0.25) is 0 Å². The number of hydrogen-bond acceptors (Lipinski definition) is 2. The maximum atomic E-state index is 12.7. The van der Waals surface area contributed by atoms with Crippen LogP contribution in [-0.2, 0) is 17.4 Å². The molecule has 138 valence electrons. The molecule has 3 aromatic carbocycles. The summed E-state index contributed by atoms with van der Waals surface area (Å²) in [5.41, 5.74) is 3.70. The van der Waals surface area contributed by atoms with E-state index in [1.807, 2.05) is 54.6 Å². The average molecular weight is 369 g/mol. The number of hydrogen-bond donors (Lipinski definition) is 0. The number of alkyl halides is 3. The molecule has 0 fully saturated rings. The molecular weight excluding hydrogens is 351 g/mol. The van der Waals surface area contributed by atoms with Crippen LogP contribution in [0, 0.1) is 0 Å². The lowest BCUT2D eigenvalue weighted by Gasteiger charge is -2.09. The zero-order valence-corrected chi connectivity index (χ0v) is 14.7. The van der Waals surface area contributed by atoms with Crippen LogP contribution in [0.4, 0.5) is 13.2 Å². The predicted octanol–water partition coefficient (Wildman–Crippen LogP) is 5.97. The van der Waals surface area contributed by atoms with Gasteiger partial charge in [0.15, 0.2) is 0 Å². The van der Waals surface area contributed by atoms with Gasteiger partial charge in [0.05, 0.1) is 11.3 Å². The van der Waals surface area contributed by atoms with E-state index in [4.69, 9.17) is 4.84 Å². The fourth-order valence-corrected chi connectivity index (χ4v) is 2.79. The Morgan fingerprint density at radius 3 is 1.89 bits per heavy atom. The SMILES string of the molecule is CO/N=C(/Cc1ccccc1)c1ccc(-c2ccc(C(F)(F)F)cc2)cc1. The largest absolute Gasteiger partial charge is 0.416 e. The van der Waals surface area contributed by atoms with Crippen molar-refractivity contribution >= 4 is 5.71 Å². The lowest BCUT2D eigenvalue weighted by atomic mass is 9.98. The molecule has 27 heavy (non-hydrogen) atoms. The smallest absolute Gasteiger partial charge is 0.399 e. The first-order valence-electron chi connectivity index (χ1n) is 8.39. The van der Waals surface area contributed by atoms with E-state index in [0.29, 0.717) is 6.42 Å². The van der Waals surface area contributed by atoms with Crippen molar-refractivity contribution in [2.45, 2.75) is 12.6 Å². The van der Waals surface area contributed by atoms with Crippen LogP contribution < -0.4 is 0 Å². The summed E-state index contributed by atoms with van der Waals surface area (Å²) in [6, 6.07) is 22.6. The molecule has 3 rings (SSSR count). The standard InChI is InChI=1S/C22H18F3NO/c1-27-26-21(15-16-5-3-2-4-6-16)19-9-7-17(8-10-19)18-11-13-20(14-12-18)22(23,24)25/h2-14H,15H2,1H3/b26-21-. The van der Waals surface area contributed by atoms with Crippen molar-refractivity contribution in [2.75, 3.05) is 7.11 Å². The molecule has 0 N–H and O–H groups in total. The Labute approximate surface area is 155 Å². The van der Waals surface area contributed by atoms with Crippen LogP contribution in [-0.4, -0.2) is 12.8 Å². The first-order valence-corrected chi connectivity index (χ1v) is 8.39. The van der Waals surface area contributed by atoms with Crippen LogP contribution in [0.25, 0.3) is 11.1 Å². The molecule has 0 aliphatic rings. The molecule has 2 nitrogen and oxygen atoms in total. The minimum absolute atomic E-state index is 0.619. The molecule has 0 aliphatic carbocycles. The molecule has 0 spiro atoms. The summed E-state index contributed by atoms with van der Waals surface area (Å²) in [5, 5.41) is 4.12. The number of benzene rings is 3. The Bertz CT molecular complexity index is 899. The highest BCUT2D eigenvalue weighted by Crippen LogP contribution is 2.31. The monoisotopic (exact) mass is 369 g/mol. The maximum absolute atomic E-state index is 12.7. The summed E-state index contributed by atoms with van der Waals surface area (Å²) in [7, 11) is 1.50. The molecular formula is C22H18F3NO. The van der Waals surface area contributed by atoms with Crippen molar-refractivity contribution in [3.8, 4) is 11.1 Å². The van der Waals surface area contributed by atoms with Gasteiger partial charge in [0.25, 0.3) is 0 Å². The van der Waals surface area contributed by atoms with Gasteiger partial charge >= 0.3 is 6.18 Å². The molecule has 0 aliphatic heterocycles. The number of oxime groups is 1. The molecule has 5 heteroatoms. The fraction of sp³-hybridized carbons (Fsp3) is 0.136. The summed E-state index contributed by atoms with van der Waals surface area (Å²) >= 11 is 0. The van der Waals surface area contributed by atoms with E-state index in [0.717, 1.165) is 40.1 Å². The highest BCUT2D eigenvalue weighted by molar-refractivity contribution is 6.01. The molecule has 3 aromatic rings. The number of nitrogens with zero attached hydrogens (tertiary/aromatic N) is 1. The molecule has 0 amide bonds. The maximum Gasteiger partial charge on any atom is 0.416 e.